The Balaban J connectivity index is 0.000000118. The topological polar surface area (TPSA) is 276 Å². The van der Waals surface area contributed by atoms with Gasteiger partial charge in [-0.15, -0.1) is 0 Å². The Labute approximate surface area is 649 Å². The number of halogens is 18. The summed E-state index contributed by atoms with van der Waals surface area (Å²) in [6, 6.07) is 26.5. The molecule has 11 aromatic carbocycles. The number of nitrogens with two attached hydrogens (primary N) is 2. The number of aryl methyl sites for hydroxylation is 4. The number of alkyl halides is 18. The number of aromatic nitrogens is 8. The Kier molecular flexibility index (Phi) is 15.9. The van der Waals surface area contributed by atoms with Gasteiger partial charge in [0.25, 0.3) is 22.2 Å². The van der Waals surface area contributed by atoms with Crippen molar-refractivity contribution >= 4 is 177 Å². The van der Waals surface area contributed by atoms with Crippen molar-refractivity contribution in [2.45, 2.75) is 64.8 Å². The van der Waals surface area contributed by atoms with Crippen molar-refractivity contribution in [3.63, 3.8) is 0 Å². The molecule has 38 heteroatoms. The van der Waals surface area contributed by atoms with Crippen LogP contribution in [0.15, 0.2) is 153 Å². The third-order valence-corrected chi connectivity index (χ3v) is 21.3. The van der Waals surface area contributed by atoms with Gasteiger partial charge in [0, 0.05) is 75.4 Å². The molecule has 0 fully saturated rings. The Hall–Kier alpha value is -14.6. The molecule has 0 unspecified atom stereocenters. The van der Waals surface area contributed by atoms with Crippen LogP contribution in [0.5, 0.6) is 0 Å². The molecule has 0 radical (unpaired) electrons. The highest BCUT2D eigenvalue weighted by Gasteiger charge is 2.44. The van der Waals surface area contributed by atoms with Crippen molar-refractivity contribution in [3.8, 4) is 0 Å². The number of ether oxygens (including phenoxy) is 2. The predicted octanol–water partition coefficient (Wildman–Crippen LogP) is 18.3. The first kappa shape index (κ1) is 76.7. The lowest BCUT2D eigenvalue weighted by Crippen LogP contribution is -2.25. The number of nitrogens with zero attached hydrogens (tertiary/aromatic N) is 8. The second-order valence-corrected chi connectivity index (χ2v) is 28.6. The van der Waals surface area contributed by atoms with Crippen LogP contribution in [0.4, 0.5) is 90.4 Å². The standard InChI is InChI=1S/2C30H14F6N4O2.C14H4O6.C8H6F6N2/c1-11-7-12(2)23-19(8-11)39-25(37-23)14-3-5-17-22-15(4-6-16(21(14)22)27(39)41)26-38-24-18(30(34,35)36)9-13(29(31,32)33)10-20(24)40(26)28(17)42;1-11-7-12(2)23-19(8-11)39-25(37-23)14-3-4-15-22-17(6-5-16(21(14)22)27(39)41)28(42)40-20-10-13(29(31,32)33)9-18(30(34,35)36)24(20)38-26(15)40;15-11-5-1-2-6-10-8(14(18)20-12(6)16)4-3-7(9(5)10)13(17)19-11;9-7(10,11)3-1-4(8(12,13)14)6(16)5(15)2-3/h2*3-10H,1-2H3;1-4H;1-2H,15-16H2. The first-order chi connectivity index (χ1) is 56.1. The van der Waals surface area contributed by atoms with Crippen LogP contribution in [-0.2, 0) is 46.5 Å². The summed E-state index contributed by atoms with van der Waals surface area (Å²) >= 11 is 0. The molecule has 0 atom stereocenters. The number of carbonyl (C=O) groups excluding carboxylic acids is 4. The second kappa shape index (κ2) is 25.0. The summed E-state index contributed by atoms with van der Waals surface area (Å²) in [4.78, 5) is 120. The molecule has 20 nitrogen and oxygen atoms in total. The third kappa shape index (κ3) is 11.2. The van der Waals surface area contributed by atoms with Gasteiger partial charge in [0.05, 0.1) is 100 Å². The van der Waals surface area contributed by atoms with E-state index in [0.29, 0.717) is 73.1 Å². The van der Waals surface area contributed by atoms with Crippen LogP contribution in [0, 0.1) is 27.7 Å². The lowest BCUT2D eigenvalue weighted by atomic mass is 9.89. The highest BCUT2D eigenvalue weighted by Crippen LogP contribution is 2.48. The molecular formula is C82H38F18N10O10. The molecule has 0 saturated heterocycles. The van der Waals surface area contributed by atoms with E-state index in [2.05, 4.69) is 19.4 Å². The average molecular weight is 1670 g/mol. The fraction of sp³-hybridized carbons (Fsp3) is 0.122. The van der Waals surface area contributed by atoms with Crippen LogP contribution in [0.2, 0.25) is 0 Å². The van der Waals surface area contributed by atoms with Gasteiger partial charge in [-0.2, -0.15) is 79.0 Å². The molecule has 2 aliphatic heterocycles. The van der Waals surface area contributed by atoms with Crippen molar-refractivity contribution in [1.82, 2.24) is 37.5 Å². The van der Waals surface area contributed by atoms with E-state index in [1.807, 2.05) is 52.0 Å². The summed E-state index contributed by atoms with van der Waals surface area (Å²) in [5.41, 5.74) is 0.569. The number of carbonyl (C=O) groups is 4. The van der Waals surface area contributed by atoms with E-state index in [0.717, 1.165) is 31.1 Å². The van der Waals surface area contributed by atoms with Gasteiger partial charge in [-0.25, -0.2) is 39.1 Å². The van der Waals surface area contributed by atoms with E-state index in [1.54, 1.807) is 18.2 Å². The van der Waals surface area contributed by atoms with Crippen LogP contribution in [0.25, 0.3) is 142 Å². The van der Waals surface area contributed by atoms with Gasteiger partial charge < -0.3 is 20.9 Å². The molecule has 0 bridgehead atoms. The van der Waals surface area contributed by atoms with Gasteiger partial charge in [0.1, 0.15) is 33.6 Å². The number of imidazole rings is 4. The van der Waals surface area contributed by atoms with Gasteiger partial charge in [-0.05, 0) is 171 Å². The monoisotopic (exact) mass is 1660 g/mol. The SMILES string of the molecule is Cc1cc(C)c2nc3c4ccc5c(=O)n6c7cc(C(F)(F)F)cc(C(F)(F)F)c7nc6c6ccc(c(=O)n3c2c1)c4c56.Cc1cc(C)c2nc3c4ccc5c6c(ccc(c(=O)n3c2c1)c46)c(=O)n1c2cc(C(F)(F)F)cc(C(F)(F)F)c2nc51.Nc1cc(C(F)(F)F)cc(C(F)(F)F)c1N.O=C1OC(=O)c2ccc3c4c(ccc1c24)C(=O)OC3=O. The first-order valence-electron chi connectivity index (χ1n) is 34.9. The van der Waals surface area contributed by atoms with Gasteiger partial charge >= 0.3 is 60.9 Å². The maximum absolute atomic E-state index is 14.0. The molecule has 21 rings (SSSR count). The zero-order chi connectivity index (χ0) is 86.0. The van der Waals surface area contributed by atoms with E-state index in [-0.39, 0.29) is 106 Å². The summed E-state index contributed by atoms with van der Waals surface area (Å²) < 4.78 is 253. The molecule has 120 heavy (non-hydrogen) atoms. The van der Waals surface area contributed by atoms with Crippen molar-refractivity contribution in [1.29, 1.82) is 0 Å². The number of esters is 4. The average Bonchev–Trinajstić information content (AvgIpc) is 1.51. The number of nitrogen functional groups attached to an aromatic ring is 2. The minimum absolute atomic E-state index is 0.000942. The molecule has 0 amide bonds. The highest BCUT2D eigenvalue weighted by atomic mass is 19.4. The van der Waals surface area contributed by atoms with E-state index < -0.39 is 150 Å². The quantitative estimate of drug-likeness (QED) is 0.0469. The number of fused-ring (bicyclic) bond motifs is 16. The highest BCUT2D eigenvalue weighted by molar-refractivity contribution is 6.31. The fourth-order valence-electron chi connectivity index (χ4n) is 16.3. The molecule has 602 valence electrons. The number of hydrogen-bond donors (Lipinski definition) is 2. The number of anilines is 2. The van der Waals surface area contributed by atoms with Crippen molar-refractivity contribution < 1.29 is 108 Å². The molecule has 10 heterocycles. The molecule has 8 aromatic heterocycles. The van der Waals surface area contributed by atoms with Crippen molar-refractivity contribution in [2.24, 2.45) is 0 Å². The number of cyclic esters (lactones) is 4. The van der Waals surface area contributed by atoms with Crippen LogP contribution in [-0.4, -0.2) is 61.4 Å². The largest absolute Gasteiger partial charge is 0.418 e. The zero-order valence-electron chi connectivity index (χ0n) is 60.3. The Morgan fingerprint density at radius 1 is 0.283 bits per heavy atom. The predicted molar refractivity (Wildman–Crippen MR) is 400 cm³/mol. The molecule has 4 N–H and O–H groups in total. The van der Waals surface area contributed by atoms with E-state index in [1.165, 1.54) is 63.4 Å². The molecule has 0 saturated carbocycles. The maximum Gasteiger partial charge on any atom is 0.418 e. The summed E-state index contributed by atoms with van der Waals surface area (Å²) in [6.45, 7) is 7.56. The molecule has 2 aliphatic rings. The fourth-order valence-corrected chi connectivity index (χ4v) is 16.3. The number of rotatable bonds is 0. The lowest BCUT2D eigenvalue weighted by molar-refractivity contribution is -0.144. The first-order valence-corrected chi connectivity index (χ1v) is 34.9. The molecule has 0 aliphatic carbocycles. The summed E-state index contributed by atoms with van der Waals surface area (Å²) in [5.74, 6) is -3.18. The maximum atomic E-state index is 14.0. The van der Waals surface area contributed by atoms with Crippen molar-refractivity contribution in [3.05, 3.63) is 253 Å². The van der Waals surface area contributed by atoms with E-state index in [9.17, 15) is 117 Å². The van der Waals surface area contributed by atoms with Gasteiger partial charge in [-0.3, -0.25) is 36.8 Å². The van der Waals surface area contributed by atoms with Crippen LogP contribution < -0.4 is 33.7 Å². The van der Waals surface area contributed by atoms with Crippen LogP contribution >= 0.6 is 0 Å². The Morgan fingerprint density at radius 3 is 0.808 bits per heavy atom. The van der Waals surface area contributed by atoms with Gasteiger partial charge in [0.2, 0.25) is 0 Å². The minimum atomic E-state index is -5.17. The number of hydrogen-bond acceptors (Lipinski definition) is 16. The molecule has 0 spiro atoms. The van der Waals surface area contributed by atoms with Crippen LogP contribution in [0.3, 0.4) is 0 Å². The summed E-state index contributed by atoms with van der Waals surface area (Å²) in [5, 5.41) is 3.91. The summed E-state index contributed by atoms with van der Waals surface area (Å²) in [7, 11) is 0. The number of pyridine rings is 4. The van der Waals surface area contributed by atoms with E-state index in [4.69, 9.17) is 21.4 Å². The second-order valence-electron chi connectivity index (χ2n) is 28.6. The zero-order valence-corrected chi connectivity index (χ0v) is 60.3. The van der Waals surface area contributed by atoms with Crippen LogP contribution in [0.1, 0.15) is 97.1 Å². The lowest BCUT2D eigenvalue weighted by Gasteiger charge is -2.21. The normalized spacial score (nSPS) is 13.8. The number of benzene rings is 11. The Bertz CT molecular complexity index is 7780. The molecular weight excluding hydrogens is 1630 g/mol. The molecule has 19 aromatic rings. The van der Waals surface area contributed by atoms with Gasteiger partial charge in [-0.1, -0.05) is 12.1 Å². The van der Waals surface area contributed by atoms with Gasteiger partial charge in [0.15, 0.2) is 0 Å². The summed E-state index contributed by atoms with van der Waals surface area (Å²) in [6.07, 6.45) is -30.4. The minimum Gasteiger partial charge on any atom is -0.397 e. The third-order valence-electron chi connectivity index (χ3n) is 21.3. The van der Waals surface area contributed by atoms with E-state index >= 15 is 0 Å². The Morgan fingerprint density at radius 2 is 0.533 bits per heavy atom. The smallest absolute Gasteiger partial charge is 0.397 e. The van der Waals surface area contributed by atoms with Crippen molar-refractivity contribution in [2.75, 3.05) is 11.5 Å².